The van der Waals surface area contributed by atoms with Crippen molar-refractivity contribution in [3.63, 3.8) is 0 Å². The predicted octanol–water partition coefficient (Wildman–Crippen LogP) is -0.419. The zero-order valence-electron chi connectivity index (χ0n) is 5.13. The van der Waals surface area contributed by atoms with E-state index < -0.39 is 0 Å². The van der Waals surface area contributed by atoms with Gasteiger partial charge >= 0.3 is 0 Å². The zero-order chi connectivity index (χ0) is 5.98. The Labute approximate surface area is 49.4 Å². The van der Waals surface area contributed by atoms with Crippen LogP contribution in [0.1, 0.15) is 6.42 Å². The number of hydrogen-bond acceptors (Lipinski definition) is 3. The molecule has 0 spiro atoms. The summed E-state index contributed by atoms with van der Waals surface area (Å²) in [6.07, 6.45) is 1.45. The van der Waals surface area contributed by atoms with E-state index in [9.17, 15) is 0 Å². The highest BCUT2D eigenvalue weighted by atomic mass is 16.5. The van der Waals surface area contributed by atoms with Crippen molar-refractivity contribution in [3.05, 3.63) is 0 Å². The second-order valence-corrected chi connectivity index (χ2v) is 2.14. The predicted molar refractivity (Wildman–Crippen MR) is 31.2 cm³/mol. The molecule has 3 nitrogen and oxygen atoms in total. The molecule has 1 rings (SSSR count). The van der Waals surface area contributed by atoms with Crippen molar-refractivity contribution in [3.8, 4) is 0 Å². The van der Waals surface area contributed by atoms with Crippen LogP contribution in [-0.2, 0) is 4.74 Å². The van der Waals surface area contributed by atoms with Gasteiger partial charge in [-0.1, -0.05) is 0 Å². The number of hydrazine groups is 1. The fourth-order valence-electron chi connectivity index (χ4n) is 0.946. The highest BCUT2D eigenvalue weighted by molar-refractivity contribution is 4.70. The number of nitrogens with two attached hydrogens (primary N) is 1. The van der Waals surface area contributed by atoms with E-state index in [-0.39, 0.29) is 0 Å². The third-order valence-corrected chi connectivity index (χ3v) is 1.51. The second kappa shape index (κ2) is 2.44. The highest BCUT2D eigenvalue weighted by Gasteiger charge is 2.18. The maximum absolute atomic E-state index is 5.45. The SMILES string of the molecule is COC1CCN(N)C1. The summed E-state index contributed by atoms with van der Waals surface area (Å²) in [6, 6.07) is 0. The van der Waals surface area contributed by atoms with Crippen LogP contribution in [0, 0.1) is 0 Å². The van der Waals surface area contributed by atoms with Gasteiger partial charge in [-0.05, 0) is 6.42 Å². The van der Waals surface area contributed by atoms with Gasteiger partial charge in [0.05, 0.1) is 6.10 Å². The molecule has 0 aromatic carbocycles. The van der Waals surface area contributed by atoms with Gasteiger partial charge < -0.3 is 4.74 Å². The molecule has 0 bridgehead atoms. The molecule has 1 aliphatic rings. The van der Waals surface area contributed by atoms with Crippen molar-refractivity contribution in [1.82, 2.24) is 5.01 Å². The Kier molecular flexibility index (Phi) is 1.83. The number of nitrogens with zero attached hydrogens (tertiary/aromatic N) is 1. The lowest BCUT2D eigenvalue weighted by molar-refractivity contribution is 0.108. The molecule has 0 amide bonds. The van der Waals surface area contributed by atoms with E-state index in [1.807, 2.05) is 0 Å². The summed E-state index contributed by atoms with van der Waals surface area (Å²) >= 11 is 0. The first-order valence-corrected chi connectivity index (χ1v) is 2.85. The average molecular weight is 116 g/mol. The van der Waals surface area contributed by atoms with Crippen molar-refractivity contribution >= 4 is 0 Å². The van der Waals surface area contributed by atoms with Crippen LogP contribution in [0.2, 0.25) is 0 Å². The van der Waals surface area contributed by atoms with Gasteiger partial charge in [-0.2, -0.15) is 0 Å². The first kappa shape index (κ1) is 6.01. The van der Waals surface area contributed by atoms with Crippen LogP contribution < -0.4 is 5.84 Å². The van der Waals surface area contributed by atoms with E-state index in [1.54, 1.807) is 12.1 Å². The Balaban J connectivity index is 2.22. The maximum Gasteiger partial charge on any atom is 0.0724 e. The van der Waals surface area contributed by atoms with Gasteiger partial charge in [0, 0.05) is 20.2 Å². The molecule has 1 aliphatic heterocycles. The summed E-state index contributed by atoms with van der Waals surface area (Å²) in [5, 5.41) is 1.79. The minimum Gasteiger partial charge on any atom is -0.380 e. The van der Waals surface area contributed by atoms with Gasteiger partial charge in [0.1, 0.15) is 0 Å². The molecule has 0 saturated carbocycles. The van der Waals surface area contributed by atoms with Crippen LogP contribution in [-0.4, -0.2) is 31.3 Å². The first-order chi connectivity index (χ1) is 3.83. The smallest absolute Gasteiger partial charge is 0.0724 e. The zero-order valence-corrected chi connectivity index (χ0v) is 5.13. The van der Waals surface area contributed by atoms with Crippen LogP contribution in [0.5, 0.6) is 0 Å². The van der Waals surface area contributed by atoms with Crippen molar-refractivity contribution in [2.24, 2.45) is 5.84 Å². The summed E-state index contributed by atoms with van der Waals surface area (Å²) in [5.74, 6) is 5.45. The van der Waals surface area contributed by atoms with Crippen LogP contribution in [0.3, 0.4) is 0 Å². The van der Waals surface area contributed by atoms with Crippen molar-refractivity contribution in [2.45, 2.75) is 12.5 Å². The lowest BCUT2D eigenvalue weighted by Gasteiger charge is -2.06. The van der Waals surface area contributed by atoms with Gasteiger partial charge in [0.2, 0.25) is 0 Å². The van der Waals surface area contributed by atoms with Crippen molar-refractivity contribution in [1.29, 1.82) is 0 Å². The van der Waals surface area contributed by atoms with Gasteiger partial charge in [-0.15, -0.1) is 0 Å². The van der Waals surface area contributed by atoms with E-state index in [1.165, 1.54) is 0 Å². The standard InChI is InChI=1S/C5H12N2O/c1-8-5-2-3-7(6)4-5/h5H,2-4,6H2,1H3. The molecule has 2 N–H and O–H groups in total. The minimum absolute atomic E-state index is 0.375. The van der Waals surface area contributed by atoms with Crippen molar-refractivity contribution in [2.75, 3.05) is 20.2 Å². The van der Waals surface area contributed by atoms with E-state index in [2.05, 4.69) is 0 Å². The summed E-state index contributed by atoms with van der Waals surface area (Å²) in [5.41, 5.74) is 0. The largest absolute Gasteiger partial charge is 0.380 e. The normalized spacial score (nSPS) is 31.5. The number of rotatable bonds is 1. The Bertz CT molecular complexity index is 76.8. The molecule has 0 aromatic rings. The van der Waals surface area contributed by atoms with Gasteiger partial charge in [0.25, 0.3) is 0 Å². The Morgan fingerprint density at radius 2 is 2.50 bits per heavy atom. The fraction of sp³-hybridized carbons (Fsp3) is 1.00. The summed E-state index contributed by atoms with van der Waals surface area (Å²) in [6.45, 7) is 1.86. The maximum atomic E-state index is 5.45. The molecule has 0 radical (unpaired) electrons. The quantitative estimate of drug-likeness (QED) is 0.473. The molecule has 8 heavy (non-hydrogen) atoms. The second-order valence-electron chi connectivity index (χ2n) is 2.14. The highest BCUT2D eigenvalue weighted by Crippen LogP contribution is 2.06. The molecular weight excluding hydrogens is 104 g/mol. The molecule has 1 atom stereocenters. The molecule has 0 aromatic heterocycles. The molecule has 1 heterocycles. The number of methoxy groups -OCH3 is 1. The van der Waals surface area contributed by atoms with E-state index in [4.69, 9.17) is 10.6 Å². The molecule has 1 fully saturated rings. The van der Waals surface area contributed by atoms with Crippen molar-refractivity contribution < 1.29 is 4.74 Å². The summed E-state index contributed by atoms with van der Waals surface area (Å²) < 4.78 is 5.06. The number of hydrogen-bond donors (Lipinski definition) is 1. The van der Waals surface area contributed by atoms with Gasteiger partial charge in [0.15, 0.2) is 0 Å². The molecule has 1 unspecified atom stereocenters. The van der Waals surface area contributed by atoms with Crippen LogP contribution in [0.25, 0.3) is 0 Å². The Hall–Kier alpha value is -0.120. The third kappa shape index (κ3) is 1.18. The van der Waals surface area contributed by atoms with Gasteiger partial charge in [-0.3, -0.25) is 5.84 Å². The fourth-order valence-corrected chi connectivity index (χ4v) is 0.946. The van der Waals surface area contributed by atoms with E-state index in [0.717, 1.165) is 19.5 Å². The Morgan fingerprint density at radius 3 is 2.75 bits per heavy atom. The molecular formula is C5H12N2O. The van der Waals surface area contributed by atoms with Crippen LogP contribution >= 0.6 is 0 Å². The third-order valence-electron chi connectivity index (χ3n) is 1.51. The average Bonchev–Trinajstić information content (AvgIpc) is 2.14. The van der Waals surface area contributed by atoms with Crippen LogP contribution in [0.15, 0.2) is 0 Å². The molecule has 1 saturated heterocycles. The van der Waals surface area contributed by atoms with E-state index in [0.29, 0.717) is 6.10 Å². The van der Waals surface area contributed by atoms with E-state index >= 15 is 0 Å². The lowest BCUT2D eigenvalue weighted by atomic mass is 10.3. The minimum atomic E-state index is 0.375. The number of ether oxygens (including phenoxy) is 1. The summed E-state index contributed by atoms with van der Waals surface area (Å²) in [7, 11) is 1.73. The lowest BCUT2D eigenvalue weighted by Crippen LogP contribution is -2.29. The first-order valence-electron chi connectivity index (χ1n) is 2.85. The monoisotopic (exact) mass is 116 g/mol. The molecule has 48 valence electrons. The molecule has 3 heteroatoms. The topological polar surface area (TPSA) is 38.5 Å². The van der Waals surface area contributed by atoms with Gasteiger partial charge in [-0.25, -0.2) is 5.01 Å². The molecule has 0 aliphatic carbocycles. The Morgan fingerprint density at radius 1 is 1.75 bits per heavy atom. The summed E-state index contributed by atoms with van der Waals surface area (Å²) in [4.78, 5) is 0. The van der Waals surface area contributed by atoms with Crippen LogP contribution in [0.4, 0.5) is 0 Å².